The third kappa shape index (κ3) is 5.77. The summed E-state index contributed by atoms with van der Waals surface area (Å²) in [4.78, 5) is 41.3. The van der Waals surface area contributed by atoms with Crippen LogP contribution in [0.1, 0.15) is 87.2 Å². The Hall–Kier alpha value is -4.52. The van der Waals surface area contributed by atoms with E-state index in [0.717, 1.165) is 48.9 Å². The molecule has 3 aromatic carbocycles. The lowest BCUT2D eigenvalue weighted by atomic mass is 9.92. The average molecular weight is 564 g/mol. The molecule has 0 N–H and O–H groups in total. The number of hydrogen-bond acceptors (Lipinski definition) is 5. The van der Waals surface area contributed by atoms with Gasteiger partial charge in [0, 0.05) is 29.8 Å². The number of rotatable bonds is 10. The smallest absolute Gasteiger partial charge is 0.359 e. The molecule has 5 rings (SSSR count). The van der Waals surface area contributed by atoms with Gasteiger partial charge in [-0.2, -0.15) is 5.10 Å². The van der Waals surface area contributed by atoms with Crippen molar-refractivity contribution in [2.75, 3.05) is 13.2 Å². The lowest BCUT2D eigenvalue weighted by molar-refractivity contribution is 0.0519. The Bertz CT molecular complexity index is 1600. The second-order valence-electron chi connectivity index (χ2n) is 10.6. The molecule has 2 heterocycles. The van der Waals surface area contributed by atoms with Crippen LogP contribution in [0.4, 0.5) is 0 Å². The minimum atomic E-state index is -0.543. The van der Waals surface area contributed by atoms with Crippen LogP contribution >= 0.6 is 0 Å². The molecule has 216 valence electrons. The minimum absolute atomic E-state index is 0.166. The maximum atomic E-state index is 14.2. The number of amides is 1. The summed E-state index contributed by atoms with van der Waals surface area (Å²) in [5.41, 5.74) is 7.33. The summed E-state index contributed by atoms with van der Waals surface area (Å²) in [5.74, 6) is -0.724. The highest BCUT2D eigenvalue weighted by Gasteiger charge is 2.31. The molecule has 0 bridgehead atoms. The van der Waals surface area contributed by atoms with E-state index in [1.54, 1.807) is 25.1 Å². The van der Waals surface area contributed by atoms with E-state index in [9.17, 15) is 14.4 Å². The van der Waals surface area contributed by atoms with E-state index in [4.69, 9.17) is 9.84 Å². The summed E-state index contributed by atoms with van der Waals surface area (Å²) >= 11 is 0. The van der Waals surface area contributed by atoms with Gasteiger partial charge in [0.2, 0.25) is 0 Å². The molecule has 0 radical (unpaired) electrons. The van der Waals surface area contributed by atoms with Gasteiger partial charge in [-0.1, -0.05) is 68.8 Å². The highest BCUT2D eigenvalue weighted by molar-refractivity contribution is 6.06. The highest BCUT2D eigenvalue weighted by Crippen LogP contribution is 2.35. The third-order valence-corrected chi connectivity index (χ3v) is 7.90. The molecule has 4 aromatic rings. The second kappa shape index (κ2) is 13.0. The van der Waals surface area contributed by atoms with Crippen LogP contribution in [0.15, 0.2) is 66.7 Å². The van der Waals surface area contributed by atoms with Crippen molar-refractivity contribution in [1.82, 2.24) is 14.7 Å². The minimum Gasteiger partial charge on any atom is -0.461 e. The molecule has 0 saturated heterocycles. The molecule has 1 aliphatic heterocycles. The first kappa shape index (κ1) is 29.0. The molecule has 0 unspecified atom stereocenters. The van der Waals surface area contributed by atoms with Crippen LogP contribution in [0.2, 0.25) is 0 Å². The first-order valence-electron chi connectivity index (χ1n) is 14.8. The number of ether oxygens (including phenoxy) is 1. The molecule has 0 saturated carbocycles. The number of benzene rings is 3. The molecule has 1 aromatic heterocycles. The lowest BCUT2D eigenvalue weighted by Gasteiger charge is -2.29. The summed E-state index contributed by atoms with van der Waals surface area (Å²) in [7, 11) is 0. The Labute approximate surface area is 247 Å². The largest absolute Gasteiger partial charge is 0.461 e. The van der Waals surface area contributed by atoms with Crippen molar-refractivity contribution in [2.45, 2.75) is 59.4 Å². The van der Waals surface area contributed by atoms with Gasteiger partial charge in [0.25, 0.3) is 5.91 Å². The Balaban J connectivity index is 1.70. The Morgan fingerprint density at radius 3 is 2.43 bits per heavy atom. The van der Waals surface area contributed by atoms with Crippen molar-refractivity contribution >= 4 is 18.2 Å². The SMILES string of the molecule is CCCCc1c(-c2ccc(C=O)cc2C(=O)N2CCc3ccccc3C2)c(C(=O)OCC)nn1-c1ccc(CC)cc1. The van der Waals surface area contributed by atoms with Crippen molar-refractivity contribution in [1.29, 1.82) is 0 Å². The van der Waals surface area contributed by atoms with E-state index in [0.29, 0.717) is 41.8 Å². The fraction of sp³-hybridized carbons (Fsp3) is 0.314. The topological polar surface area (TPSA) is 81.5 Å². The van der Waals surface area contributed by atoms with Gasteiger partial charge in [-0.25, -0.2) is 9.48 Å². The summed E-state index contributed by atoms with van der Waals surface area (Å²) in [6.07, 6.45) is 4.87. The zero-order chi connectivity index (χ0) is 29.6. The molecule has 1 amide bonds. The van der Waals surface area contributed by atoms with Crippen molar-refractivity contribution in [3.05, 3.63) is 106 Å². The quantitative estimate of drug-likeness (QED) is 0.160. The molecule has 7 nitrogen and oxygen atoms in total. The lowest BCUT2D eigenvalue weighted by Crippen LogP contribution is -2.36. The number of unbranched alkanes of at least 4 members (excludes halogenated alkanes) is 1. The number of aryl methyl sites for hydroxylation is 1. The van der Waals surface area contributed by atoms with Gasteiger partial charge in [-0.05, 0) is 73.1 Å². The van der Waals surface area contributed by atoms with Gasteiger partial charge < -0.3 is 9.64 Å². The number of nitrogens with zero attached hydrogens (tertiary/aromatic N) is 3. The Kier molecular flexibility index (Phi) is 8.96. The van der Waals surface area contributed by atoms with Crippen molar-refractivity contribution in [3.63, 3.8) is 0 Å². The number of aromatic nitrogens is 2. The van der Waals surface area contributed by atoms with E-state index < -0.39 is 5.97 Å². The van der Waals surface area contributed by atoms with Crippen LogP contribution < -0.4 is 0 Å². The number of aldehydes is 1. The Morgan fingerprint density at radius 2 is 1.74 bits per heavy atom. The number of esters is 1. The normalized spacial score (nSPS) is 12.6. The molecule has 42 heavy (non-hydrogen) atoms. The highest BCUT2D eigenvalue weighted by atomic mass is 16.5. The predicted molar refractivity (Wildman–Crippen MR) is 163 cm³/mol. The fourth-order valence-electron chi connectivity index (χ4n) is 5.61. The first-order valence-corrected chi connectivity index (χ1v) is 14.8. The summed E-state index contributed by atoms with van der Waals surface area (Å²) in [6, 6.07) is 21.4. The molecule has 0 aliphatic carbocycles. The van der Waals surface area contributed by atoms with Gasteiger partial charge in [-0.3, -0.25) is 9.59 Å². The zero-order valence-electron chi connectivity index (χ0n) is 24.6. The van der Waals surface area contributed by atoms with Crippen LogP contribution in [-0.2, 0) is 30.5 Å². The van der Waals surface area contributed by atoms with Crippen molar-refractivity contribution in [3.8, 4) is 16.8 Å². The van der Waals surface area contributed by atoms with Crippen LogP contribution in [0.3, 0.4) is 0 Å². The van der Waals surface area contributed by atoms with Crippen LogP contribution in [-0.4, -0.2) is 46.0 Å². The van der Waals surface area contributed by atoms with E-state index in [-0.39, 0.29) is 18.2 Å². The number of carbonyl (C=O) groups is 3. The Morgan fingerprint density at radius 1 is 0.976 bits per heavy atom. The van der Waals surface area contributed by atoms with Crippen LogP contribution in [0.25, 0.3) is 16.8 Å². The summed E-state index contributed by atoms with van der Waals surface area (Å²) in [6.45, 7) is 7.23. The molecular weight excluding hydrogens is 526 g/mol. The summed E-state index contributed by atoms with van der Waals surface area (Å²) in [5, 5.41) is 4.82. The molecule has 0 atom stereocenters. The van der Waals surface area contributed by atoms with E-state index in [2.05, 4.69) is 32.0 Å². The maximum Gasteiger partial charge on any atom is 0.359 e. The molecular formula is C35H37N3O4. The van der Waals surface area contributed by atoms with Crippen LogP contribution in [0, 0.1) is 0 Å². The van der Waals surface area contributed by atoms with Gasteiger partial charge in [-0.15, -0.1) is 0 Å². The maximum absolute atomic E-state index is 14.2. The molecule has 1 aliphatic rings. The van der Waals surface area contributed by atoms with E-state index >= 15 is 0 Å². The molecule has 0 fully saturated rings. The van der Waals surface area contributed by atoms with E-state index in [1.807, 2.05) is 39.9 Å². The van der Waals surface area contributed by atoms with Crippen molar-refractivity contribution < 1.29 is 19.1 Å². The second-order valence-corrected chi connectivity index (χ2v) is 10.6. The number of hydrogen-bond donors (Lipinski definition) is 0. The van der Waals surface area contributed by atoms with Gasteiger partial charge in [0.1, 0.15) is 6.29 Å². The number of fused-ring (bicyclic) bond motifs is 1. The predicted octanol–water partition coefficient (Wildman–Crippen LogP) is 6.63. The first-order chi connectivity index (χ1) is 20.5. The molecule has 7 heteroatoms. The van der Waals surface area contributed by atoms with Crippen molar-refractivity contribution in [2.24, 2.45) is 0 Å². The fourth-order valence-corrected chi connectivity index (χ4v) is 5.61. The average Bonchev–Trinajstić information content (AvgIpc) is 3.42. The zero-order valence-corrected chi connectivity index (χ0v) is 24.6. The molecule has 0 spiro atoms. The van der Waals surface area contributed by atoms with Gasteiger partial charge >= 0.3 is 5.97 Å². The van der Waals surface area contributed by atoms with Gasteiger partial charge in [0.05, 0.1) is 18.0 Å². The number of carbonyl (C=O) groups excluding carboxylic acids is 3. The third-order valence-electron chi connectivity index (χ3n) is 7.90. The van der Waals surface area contributed by atoms with E-state index in [1.165, 1.54) is 11.1 Å². The van der Waals surface area contributed by atoms with Crippen LogP contribution in [0.5, 0.6) is 0 Å². The monoisotopic (exact) mass is 563 g/mol. The summed E-state index contributed by atoms with van der Waals surface area (Å²) < 4.78 is 7.28. The standard InChI is InChI=1S/C35H37N3O4/c1-4-7-12-31-32(33(35(41)42-6-3)36-38(31)28-16-13-24(5-2)14-17-28)29-18-15-25(23-39)21-30(29)34(40)37-20-19-26-10-8-9-11-27(26)22-37/h8-11,13-18,21,23H,4-7,12,19-20,22H2,1-3H3. The van der Waals surface area contributed by atoms with Gasteiger partial charge in [0.15, 0.2) is 5.69 Å².